The van der Waals surface area contributed by atoms with Crippen molar-refractivity contribution in [3.63, 3.8) is 0 Å². The topological polar surface area (TPSA) is 60.0 Å². The summed E-state index contributed by atoms with van der Waals surface area (Å²) < 4.78 is 10.8. The van der Waals surface area contributed by atoms with Crippen LogP contribution in [-0.2, 0) is 4.74 Å². The number of nitrogens with zero attached hydrogens (tertiary/aromatic N) is 2. The van der Waals surface area contributed by atoms with Gasteiger partial charge in [0.2, 0.25) is 0 Å². The Hall–Kier alpha value is -1.62. The van der Waals surface area contributed by atoms with E-state index in [9.17, 15) is 0 Å². The molecule has 2 aromatic heterocycles. The molecule has 1 saturated heterocycles. The fourth-order valence-electron chi connectivity index (χ4n) is 1.63. The first-order valence-electron chi connectivity index (χ1n) is 4.96. The van der Waals surface area contributed by atoms with Crippen molar-refractivity contribution in [2.45, 2.75) is 12.5 Å². The molecule has 1 aliphatic heterocycles. The summed E-state index contributed by atoms with van der Waals surface area (Å²) in [4.78, 5) is 11.4. The predicted octanol–water partition coefficient (Wildman–Crippen LogP) is 1.13. The van der Waals surface area contributed by atoms with E-state index in [0.29, 0.717) is 12.6 Å². The molecule has 1 atom stereocenters. The van der Waals surface area contributed by atoms with E-state index >= 15 is 0 Å². The van der Waals surface area contributed by atoms with E-state index < -0.39 is 0 Å². The molecule has 1 unspecified atom stereocenters. The zero-order chi connectivity index (χ0) is 10.1. The first kappa shape index (κ1) is 8.67. The van der Waals surface area contributed by atoms with Crippen LogP contribution in [0.4, 0.5) is 0 Å². The lowest BCUT2D eigenvalue weighted by atomic mass is 10.3. The highest BCUT2D eigenvalue weighted by atomic mass is 16.6. The number of ether oxygens (including phenoxy) is 2. The van der Waals surface area contributed by atoms with E-state index in [1.165, 1.54) is 0 Å². The second-order valence-corrected chi connectivity index (χ2v) is 3.54. The number of rotatable bonds is 2. The van der Waals surface area contributed by atoms with Crippen molar-refractivity contribution < 1.29 is 9.47 Å². The minimum atomic E-state index is 0.0948. The summed E-state index contributed by atoms with van der Waals surface area (Å²) in [7, 11) is 0. The number of fused-ring (bicyclic) bond motifs is 1. The lowest BCUT2D eigenvalue weighted by Crippen LogP contribution is -2.17. The van der Waals surface area contributed by atoms with Gasteiger partial charge in [-0.2, -0.15) is 4.98 Å². The zero-order valence-electron chi connectivity index (χ0n) is 8.14. The van der Waals surface area contributed by atoms with Gasteiger partial charge in [0.1, 0.15) is 11.8 Å². The highest BCUT2D eigenvalue weighted by Gasteiger charge is 2.18. The third kappa shape index (κ3) is 1.66. The van der Waals surface area contributed by atoms with Crippen LogP contribution in [0.1, 0.15) is 6.42 Å². The normalized spacial score (nSPS) is 20.9. The fraction of sp³-hybridized carbons (Fsp3) is 0.400. The van der Waals surface area contributed by atoms with Crippen LogP contribution in [0.15, 0.2) is 18.5 Å². The molecule has 0 aromatic carbocycles. The molecular formula is C10H11N3O2. The number of aromatic nitrogens is 3. The molecule has 3 heterocycles. The summed E-state index contributed by atoms with van der Waals surface area (Å²) in [6.07, 6.45) is 4.59. The maximum absolute atomic E-state index is 5.59. The summed E-state index contributed by atoms with van der Waals surface area (Å²) in [6, 6.07) is 2.35. The molecule has 0 saturated carbocycles. The van der Waals surface area contributed by atoms with E-state index in [4.69, 9.17) is 9.47 Å². The van der Waals surface area contributed by atoms with E-state index in [-0.39, 0.29) is 6.10 Å². The predicted molar refractivity (Wildman–Crippen MR) is 53.7 cm³/mol. The highest BCUT2D eigenvalue weighted by Crippen LogP contribution is 2.15. The average molecular weight is 205 g/mol. The van der Waals surface area contributed by atoms with Crippen molar-refractivity contribution in [1.82, 2.24) is 15.0 Å². The standard InChI is InChI=1S/C10H11N3O2/c1-3-11-9-7(1)5-12-10(13-9)15-8-2-4-14-6-8/h1,3,5,8H,2,4,6H2,(H,11,12,13). The molecule has 5 nitrogen and oxygen atoms in total. The van der Waals surface area contributed by atoms with Crippen LogP contribution in [0.3, 0.4) is 0 Å². The molecule has 0 aliphatic carbocycles. The lowest BCUT2D eigenvalue weighted by Gasteiger charge is -2.08. The smallest absolute Gasteiger partial charge is 0.318 e. The van der Waals surface area contributed by atoms with E-state index in [1.807, 2.05) is 12.3 Å². The second kappa shape index (κ2) is 3.51. The van der Waals surface area contributed by atoms with Gasteiger partial charge in [-0.15, -0.1) is 0 Å². The van der Waals surface area contributed by atoms with Gasteiger partial charge in [-0.05, 0) is 6.07 Å². The molecule has 1 N–H and O–H groups in total. The van der Waals surface area contributed by atoms with Gasteiger partial charge in [0.25, 0.3) is 0 Å². The largest absolute Gasteiger partial charge is 0.458 e. The van der Waals surface area contributed by atoms with Crippen molar-refractivity contribution >= 4 is 11.0 Å². The van der Waals surface area contributed by atoms with Crippen LogP contribution in [0.25, 0.3) is 11.0 Å². The molecule has 3 rings (SSSR count). The van der Waals surface area contributed by atoms with E-state index in [1.54, 1.807) is 6.20 Å². The highest BCUT2D eigenvalue weighted by molar-refractivity contribution is 5.74. The maximum atomic E-state index is 5.59. The van der Waals surface area contributed by atoms with Crippen LogP contribution < -0.4 is 4.74 Å². The summed E-state index contributed by atoms with van der Waals surface area (Å²) in [6.45, 7) is 1.39. The van der Waals surface area contributed by atoms with Crippen molar-refractivity contribution in [1.29, 1.82) is 0 Å². The van der Waals surface area contributed by atoms with Gasteiger partial charge < -0.3 is 14.5 Å². The summed E-state index contributed by atoms with van der Waals surface area (Å²) >= 11 is 0. The summed E-state index contributed by atoms with van der Waals surface area (Å²) in [5.74, 6) is 0. The van der Waals surface area contributed by atoms with Crippen molar-refractivity contribution in [3.8, 4) is 6.01 Å². The molecule has 15 heavy (non-hydrogen) atoms. The van der Waals surface area contributed by atoms with Crippen molar-refractivity contribution in [3.05, 3.63) is 18.5 Å². The Morgan fingerprint density at radius 3 is 3.40 bits per heavy atom. The first-order chi connectivity index (χ1) is 7.42. The zero-order valence-corrected chi connectivity index (χ0v) is 8.14. The number of hydrogen-bond donors (Lipinski definition) is 1. The fourth-order valence-corrected chi connectivity index (χ4v) is 1.63. The Balaban J connectivity index is 1.84. The third-order valence-electron chi connectivity index (χ3n) is 2.44. The first-order valence-corrected chi connectivity index (χ1v) is 4.96. The number of nitrogens with one attached hydrogen (secondary N) is 1. The van der Waals surface area contributed by atoms with Gasteiger partial charge in [0.05, 0.1) is 13.2 Å². The summed E-state index contributed by atoms with van der Waals surface area (Å²) in [5, 5.41) is 0.991. The lowest BCUT2D eigenvalue weighted by molar-refractivity contribution is 0.134. The Bertz CT molecular complexity index is 462. The Morgan fingerprint density at radius 1 is 1.53 bits per heavy atom. The van der Waals surface area contributed by atoms with Crippen molar-refractivity contribution in [2.75, 3.05) is 13.2 Å². The van der Waals surface area contributed by atoms with Crippen LogP contribution in [0, 0.1) is 0 Å². The Kier molecular flexibility index (Phi) is 2.03. The van der Waals surface area contributed by atoms with Crippen LogP contribution in [-0.4, -0.2) is 34.3 Å². The van der Waals surface area contributed by atoms with Gasteiger partial charge in [-0.25, -0.2) is 4.98 Å². The maximum Gasteiger partial charge on any atom is 0.318 e. The Labute approximate surface area is 86.4 Å². The Morgan fingerprint density at radius 2 is 2.53 bits per heavy atom. The molecule has 78 valence electrons. The summed E-state index contributed by atoms with van der Waals surface area (Å²) in [5.41, 5.74) is 0.805. The molecule has 0 bridgehead atoms. The van der Waals surface area contributed by atoms with Crippen LogP contribution >= 0.6 is 0 Å². The molecule has 2 aromatic rings. The van der Waals surface area contributed by atoms with Crippen LogP contribution in [0.5, 0.6) is 6.01 Å². The molecule has 0 amide bonds. The number of H-pyrrole nitrogens is 1. The second-order valence-electron chi connectivity index (χ2n) is 3.54. The van der Waals surface area contributed by atoms with Gasteiger partial charge >= 0.3 is 6.01 Å². The van der Waals surface area contributed by atoms with Crippen LogP contribution in [0.2, 0.25) is 0 Å². The SMILES string of the molecule is c1cc2cnc(OC3CCOC3)nc2[nH]1. The van der Waals surface area contributed by atoms with Gasteiger partial charge in [0.15, 0.2) is 0 Å². The van der Waals surface area contributed by atoms with Crippen molar-refractivity contribution in [2.24, 2.45) is 0 Å². The van der Waals surface area contributed by atoms with Gasteiger partial charge in [-0.3, -0.25) is 0 Å². The van der Waals surface area contributed by atoms with Gasteiger partial charge in [0, 0.05) is 24.2 Å². The third-order valence-corrected chi connectivity index (χ3v) is 2.44. The number of hydrogen-bond acceptors (Lipinski definition) is 4. The molecule has 1 aliphatic rings. The van der Waals surface area contributed by atoms with E-state index in [2.05, 4.69) is 15.0 Å². The monoisotopic (exact) mass is 205 g/mol. The molecule has 0 radical (unpaired) electrons. The quantitative estimate of drug-likeness (QED) is 0.798. The molecular weight excluding hydrogens is 194 g/mol. The molecule has 1 fully saturated rings. The minimum Gasteiger partial charge on any atom is -0.458 e. The van der Waals surface area contributed by atoms with Gasteiger partial charge in [-0.1, -0.05) is 0 Å². The van der Waals surface area contributed by atoms with E-state index in [0.717, 1.165) is 24.1 Å². The average Bonchev–Trinajstić information content (AvgIpc) is 2.87. The molecule has 0 spiro atoms. The number of aromatic amines is 1. The molecule has 5 heteroatoms. The minimum absolute atomic E-state index is 0.0948.